The molecule has 17 heavy (non-hydrogen) atoms. The van der Waals surface area contributed by atoms with Gasteiger partial charge in [-0.3, -0.25) is 4.90 Å². The number of hydrogen-bond donors (Lipinski definition) is 0. The molecule has 0 amide bonds. The summed E-state index contributed by atoms with van der Waals surface area (Å²) < 4.78 is 0. The first-order valence-corrected chi connectivity index (χ1v) is 7.31. The van der Waals surface area contributed by atoms with Crippen LogP contribution in [0, 0.1) is 10.8 Å². The third-order valence-electron chi connectivity index (χ3n) is 5.07. The van der Waals surface area contributed by atoms with Gasteiger partial charge >= 0.3 is 0 Å². The average molecular weight is 239 g/mol. The molecule has 0 saturated carbocycles. The van der Waals surface area contributed by atoms with Crippen LogP contribution in [0.2, 0.25) is 0 Å². The Morgan fingerprint density at radius 2 is 1.24 bits per heavy atom. The zero-order chi connectivity index (χ0) is 13.3. The van der Waals surface area contributed by atoms with Gasteiger partial charge in [0.25, 0.3) is 0 Å². The Labute approximate surface area is 109 Å². The van der Waals surface area contributed by atoms with Crippen molar-refractivity contribution in [1.82, 2.24) is 4.90 Å². The van der Waals surface area contributed by atoms with Crippen molar-refractivity contribution in [3.8, 4) is 0 Å². The first kappa shape index (κ1) is 15.0. The van der Waals surface area contributed by atoms with Gasteiger partial charge in [0.1, 0.15) is 0 Å². The van der Waals surface area contributed by atoms with Crippen molar-refractivity contribution in [2.45, 2.75) is 79.7 Å². The molecular formula is C16H33N. The maximum Gasteiger partial charge on any atom is 0.0125 e. The summed E-state index contributed by atoms with van der Waals surface area (Å²) in [5.74, 6) is 0. The van der Waals surface area contributed by atoms with Crippen LogP contribution in [0.15, 0.2) is 0 Å². The van der Waals surface area contributed by atoms with E-state index >= 15 is 0 Å². The summed E-state index contributed by atoms with van der Waals surface area (Å²) >= 11 is 0. The van der Waals surface area contributed by atoms with Gasteiger partial charge in [-0.15, -0.1) is 0 Å². The van der Waals surface area contributed by atoms with Gasteiger partial charge in [-0.25, -0.2) is 0 Å². The molecule has 1 nitrogen and oxygen atoms in total. The molecular weight excluding hydrogens is 206 g/mol. The number of nitrogens with zero attached hydrogens (tertiary/aromatic N) is 1. The van der Waals surface area contributed by atoms with E-state index in [1.807, 2.05) is 0 Å². The molecule has 0 radical (unpaired) electrons. The molecule has 0 unspecified atom stereocenters. The molecule has 0 aromatic heterocycles. The molecule has 1 saturated heterocycles. The van der Waals surface area contributed by atoms with E-state index in [9.17, 15) is 0 Å². The summed E-state index contributed by atoms with van der Waals surface area (Å²) in [7, 11) is 0. The second-order valence-corrected chi connectivity index (χ2v) is 8.18. The standard InChI is InChI=1S/C16H33N/c1-14(2,3)16(7)10-8-12-17(13-9-11-16)15(4,5)6/h8-13H2,1-7H3. The van der Waals surface area contributed by atoms with Crippen LogP contribution >= 0.6 is 0 Å². The number of hydrogen-bond acceptors (Lipinski definition) is 1. The Hall–Kier alpha value is -0.0400. The fourth-order valence-electron chi connectivity index (χ4n) is 2.98. The topological polar surface area (TPSA) is 3.24 Å². The second kappa shape index (κ2) is 4.91. The molecule has 102 valence electrons. The Kier molecular flexibility index (Phi) is 4.34. The lowest BCUT2D eigenvalue weighted by Gasteiger charge is -2.46. The molecule has 1 heteroatoms. The molecule has 1 aliphatic rings. The van der Waals surface area contributed by atoms with Crippen molar-refractivity contribution in [2.75, 3.05) is 13.1 Å². The molecule has 1 aliphatic heterocycles. The van der Waals surface area contributed by atoms with Crippen molar-refractivity contribution >= 4 is 0 Å². The third kappa shape index (κ3) is 3.71. The summed E-state index contributed by atoms with van der Waals surface area (Å²) in [6.45, 7) is 19.3. The highest BCUT2D eigenvalue weighted by Gasteiger charge is 2.38. The first-order chi connectivity index (χ1) is 7.56. The summed E-state index contributed by atoms with van der Waals surface area (Å²) in [5, 5.41) is 0. The van der Waals surface area contributed by atoms with E-state index in [0.717, 1.165) is 0 Å². The molecule has 0 atom stereocenters. The van der Waals surface area contributed by atoms with Gasteiger partial charge in [-0.1, -0.05) is 27.7 Å². The zero-order valence-corrected chi connectivity index (χ0v) is 13.2. The minimum atomic E-state index is 0.343. The lowest BCUT2D eigenvalue weighted by molar-refractivity contribution is 0.0387. The zero-order valence-electron chi connectivity index (χ0n) is 13.2. The van der Waals surface area contributed by atoms with Crippen LogP contribution in [0.25, 0.3) is 0 Å². The Morgan fingerprint density at radius 1 is 0.824 bits per heavy atom. The predicted octanol–water partition coefficient (Wildman–Crippen LogP) is 4.71. The fraction of sp³-hybridized carbons (Fsp3) is 1.00. The van der Waals surface area contributed by atoms with Gasteiger partial charge in [0.05, 0.1) is 0 Å². The van der Waals surface area contributed by atoms with E-state index in [2.05, 4.69) is 53.4 Å². The van der Waals surface area contributed by atoms with Crippen LogP contribution in [0.3, 0.4) is 0 Å². The normalized spacial score (nSPS) is 24.2. The van der Waals surface area contributed by atoms with Crippen LogP contribution in [0.4, 0.5) is 0 Å². The molecule has 0 aromatic carbocycles. The molecule has 1 rings (SSSR count). The smallest absolute Gasteiger partial charge is 0.0125 e. The summed E-state index contributed by atoms with van der Waals surface area (Å²) in [6.07, 6.45) is 5.46. The van der Waals surface area contributed by atoms with Crippen molar-refractivity contribution < 1.29 is 0 Å². The minimum absolute atomic E-state index is 0.343. The maximum absolute atomic E-state index is 2.66. The Morgan fingerprint density at radius 3 is 1.53 bits per heavy atom. The SMILES string of the molecule is CC(C)(C)N1CCCC(C)(C(C)(C)C)CCC1. The van der Waals surface area contributed by atoms with Crippen LogP contribution in [-0.4, -0.2) is 23.5 Å². The van der Waals surface area contributed by atoms with Gasteiger partial charge in [-0.05, 0) is 70.4 Å². The summed E-state index contributed by atoms with van der Waals surface area (Å²) in [6, 6.07) is 0. The van der Waals surface area contributed by atoms with E-state index < -0.39 is 0 Å². The predicted molar refractivity (Wildman–Crippen MR) is 77.4 cm³/mol. The van der Waals surface area contributed by atoms with E-state index in [1.165, 1.54) is 38.8 Å². The van der Waals surface area contributed by atoms with Crippen molar-refractivity contribution in [3.05, 3.63) is 0 Å². The van der Waals surface area contributed by atoms with Gasteiger partial charge in [0.15, 0.2) is 0 Å². The molecule has 0 aliphatic carbocycles. The van der Waals surface area contributed by atoms with E-state index in [-0.39, 0.29) is 0 Å². The molecule has 0 N–H and O–H groups in total. The van der Waals surface area contributed by atoms with Crippen LogP contribution < -0.4 is 0 Å². The second-order valence-electron chi connectivity index (χ2n) is 8.18. The summed E-state index contributed by atoms with van der Waals surface area (Å²) in [4.78, 5) is 2.66. The van der Waals surface area contributed by atoms with Gasteiger partial charge in [0, 0.05) is 5.54 Å². The highest BCUT2D eigenvalue weighted by Crippen LogP contribution is 2.46. The highest BCUT2D eigenvalue weighted by atomic mass is 15.2. The maximum atomic E-state index is 2.66. The van der Waals surface area contributed by atoms with E-state index in [4.69, 9.17) is 0 Å². The van der Waals surface area contributed by atoms with Crippen molar-refractivity contribution in [3.63, 3.8) is 0 Å². The van der Waals surface area contributed by atoms with Crippen LogP contribution in [0.5, 0.6) is 0 Å². The lowest BCUT2D eigenvalue weighted by atomic mass is 9.62. The number of rotatable bonds is 0. The lowest BCUT2D eigenvalue weighted by Crippen LogP contribution is -2.45. The van der Waals surface area contributed by atoms with Crippen LogP contribution in [0.1, 0.15) is 74.1 Å². The van der Waals surface area contributed by atoms with E-state index in [0.29, 0.717) is 16.4 Å². The fourth-order valence-corrected chi connectivity index (χ4v) is 2.98. The first-order valence-electron chi connectivity index (χ1n) is 7.31. The molecule has 0 aromatic rings. The molecule has 1 heterocycles. The largest absolute Gasteiger partial charge is 0.298 e. The quantitative estimate of drug-likeness (QED) is 0.591. The third-order valence-corrected chi connectivity index (χ3v) is 5.07. The van der Waals surface area contributed by atoms with E-state index in [1.54, 1.807) is 0 Å². The minimum Gasteiger partial charge on any atom is -0.298 e. The van der Waals surface area contributed by atoms with Gasteiger partial charge in [-0.2, -0.15) is 0 Å². The average Bonchev–Trinajstić information content (AvgIpc) is 2.07. The van der Waals surface area contributed by atoms with Gasteiger partial charge < -0.3 is 0 Å². The van der Waals surface area contributed by atoms with Crippen molar-refractivity contribution in [1.29, 1.82) is 0 Å². The molecule has 0 spiro atoms. The Bertz CT molecular complexity index is 231. The van der Waals surface area contributed by atoms with Crippen molar-refractivity contribution in [2.24, 2.45) is 10.8 Å². The highest BCUT2D eigenvalue weighted by molar-refractivity contribution is 4.89. The molecule has 0 bridgehead atoms. The Balaban J connectivity index is 2.65. The van der Waals surface area contributed by atoms with Gasteiger partial charge in [0.2, 0.25) is 0 Å². The summed E-state index contributed by atoms with van der Waals surface area (Å²) in [5.41, 5.74) is 1.31. The monoisotopic (exact) mass is 239 g/mol. The molecule has 1 fully saturated rings. The number of likely N-dealkylation sites (tertiary alicyclic amines) is 1. The van der Waals surface area contributed by atoms with Crippen LogP contribution in [-0.2, 0) is 0 Å².